The molecule has 0 radical (unpaired) electrons. The van der Waals surface area contributed by atoms with E-state index in [1.165, 1.54) is 109 Å². The molecule has 8 nitrogen and oxygen atoms in total. The molecule has 3 unspecified atom stereocenters. The zero-order valence-electron chi connectivity index (χ0n) is 32.9. The van der Waals surface area contributed by atoms with Gasteiger partial charge in [0.2, 0.25) is 5.91 Å². The summed E-state index contributed by atoms with van der Waals surface area (Å²) in [7, 11) is 1.61. The van der Waals surface area contributed by atoms with Gasteiger partial charge in [0, 0.05) is 6.42 Å². The van der Waals surface area contributed by atoms with Crippen molar-refractivity contribution in [2.45, 2.75) is 199 Å². The zero-order chi connectivity index (χ0) is 36.5. The molecule has 3 N–H and O–H groups in total. The summed E-state index contributed by atoms with van der Waals surface area (Å²) in [4.78, 5) is 23.0. The summed E-state index contributed by atoms with van der Waals surface area (Å²) < 4.78 is 23.5. The quantitative estimate of drug-likeness (QED) is 0.0256. The average Bonchev–Trinajstić information content (AvgIpc) is 3.04. The fraction of sp³-hybridized carbons (Fsp3) is 0.925. The van der Waals surface area contributed by atoms with Crippen LogP contribution >= 0.6 is 7.82 Å². The van der Waals surface area contributed by atoms with Crippen molar-refractivity contribution in [3.8, 4) is 0 Å². The highest BCUT2D eigenvalue weighted by atomic mass is 31.2. The minimum absolute atomic E-state index is 0.0746. The second kappa shape index (κ2) is 33.1. The van der Waals surface area contributed by atoms with Crippen LogP contribution in [0.1, 0.15) is 187 Å². The number of aliphatic hydroxyl groups is 1. The van der Waals surface area contributed by atoms with Crippen molar-refractivity contribution in [2.75, 3.05) is 40.9 Å². The van der Waals surface area contributed by atoms with E-state index >= 15 is 0 Å². The van der Waals surface area contributed by atoms with Gasteiger partial charge in [0.1, 0.15) is 13.2 Å². The standard InChI is InChI=1S/C40H81N2O6P/c1-6-8-10-12-14-16-18-20-21-22-24-26-28-30-32-34-40(44)41-38(37-48-49(45,46)47-36-35-42(3,4)5)39(43)33-31-29-27-25-23-19-17-15-13-11-9-7-2/h20-21,38-39,43H,6-19,22-37H2,1-5H3,(H-,41,44,45,46)/p+1/b21-20-. The molecule has 0 heterocycles. The van der Waals surface area contributed by atoms with E-state index in [-0.39, 0.29) is 19.1 Å². The van der Waals surface area contributed by atoms with Crippen molar-refractivity contribution in [1.29, 1.82) is 0 Å². The Hall–Kier alpha value is -0.760. The molecule has 49 heavy (non-hydrogen) atoms. The third-order valence-corrected chi connectivity index (χ3v) is 10.2. The second-order valence-electron chi connectivity index (χ2n) is 15.4. The summed E-state index contributed by atoms with van der Waals surface area (Å²) in [5.41, 5.74) is 0. The molecular weight excluding hydrogens is 635 g/mol. The van der Waals surface area contributed by atoms with Crippen LogP contribution in [0.4, 0.5) is 0 Å². The van der Waals surface area contributed by atoms with Crippen LogP contribution in [0.15, 0.2) is 12.2 Å². The number of carbonyl (C=O) groups is 1. The van der Waals surface area contributed by atoms with Crippen LogP contribution in [0.25, 0.3) is 0 Å². The number of carbonyl (C=O) groups excluding carboxylic acids is 1. The number of allylic oxidation sites excluding steroid dienone is 2. The first-order chi connectivity index (χ1) is 23.5. The average molecular weight is 718 g/mol. The maximum absolute atomic E-state index is 12.8. The molecule has 0 rings (SSSR count). The lowest BCUT2D eigenvalue weighted by Gasteiger charge is -2.26. The number of hydrogen-bond acceptors (Lipinski definition) is 5. The van der Waals surface area contributed by atoms with E-state index in [0.717, 1.165) is 51.4 Å². The highest BCUT2D eigenvalue weighted by Crippen LogP contribution is 2.43. The number of aliphatic hydroxyl groups excluding tert-OH is 1. The van der Waals surface area contributed by atoms with Gasteiger partial charge in [-0.25, -0.2) is 4.57 Å². The largest absolute Gasteiger partial charge is 0.472 e. The van der Waals surface area contributed by atoms with E-state index in [4.69, 9.17) is 9.05 Å². The number of phosphoric acid groups is 1. The van der Waals surface area contributed by atoms with Crippen LogP contribution in [-0.4, -0.2) is 73.4 Å². The Labute approximate surface area is 303 Å². The Morgan fingerprint density at radius 1 is 0.673 bits per heavy atom. The Morgan fingerprint density at radius 3 is 1.57 bits per heavy atom. The van der Waals surface area contributed by atoms with E-state index in [9.17, 15) is 19.4 Å². The molecule has 0 saturated carbocycles. The molecule has 0 saturated heterocycles. The predicted octanol–water partition coefficient (Wildman–Crippen LogP) is 10.8. The van der Waals surface area contributed by atoms with Crippen molar-refractivity contribution in [1.82, 2.24) is 5.32 Å². The molecule has 0 aliphatic rings. The third kappa shape index (κ3) is 35.4. The monoisotopic (exact) mass is 718 g/mol. The van der Waals surface area contributed by atoms with Gasteiger partial charge >= 0.3 is 7.82 Å². The number of unbranched alkanes of at least 4 members (excludes halogenated alkanes) is 22. The zero-order valence-corrected chi connectivity index (χ0v) is 33.8. The van der Waals surface area contributed by atoms with E-state index in [1.807, 2.05) is 21.1 Å². The number of nitrogens with zero attached hydrogens (tertiary/aromatic N) is 1. The molecule has 0 aliphatic carbocycles. The molecule has 3 atom stereocenters. The van der Waals surface area contributed by atoms with Crippen LogP contribution in [0.2, 0.25) is 0 Å². The van der Waals surface area contributed by atoms with E-state index in [1.54, 1.807) is 0 Å². The number of likely N-dealkylation sites (N-methyl/N-ethyl adjacent to an activating group) is 1. The van der Waals surface area contributed by atoms with Gasteiger partial charge in [0.05, 0.1) is 39.9 Å². The first kappa shape index (κ1) is 48.2. The molecule has 0 spiro atoms. The lowest BCUT2D eigenvalue weighted by molar-refractivity contribution is -0.870. The van der Waals surface area contributed by atoms with Gasteiger partial charge in [-0.05, 0) is 38.5 Å². The van der Waals surface area contributed by atoms with Crippen molar-refractivity contribution < 1.29 is 32.9 Å². The maximum atomic E-state index is 12.8. The van der Waals surface area contributed by atoms with Crippen molar-refractivity contribution >= 4 is 13.7 Å². The molecule has 0 fully saturated rings. The first-order valence-electron chi connectivity index (χ1n) is 20.6. The summed E-state index contributed by atoms with van der Waals surface area (Å²) >= 11 is 0. The number of amides is 1. The molecule has 0 aliphatic heterocycles. The van der Waals surface area contributed by atoms with Gasteiger partial charge in [-0.3, -0.25) is 13.8 Å². The van der Waals surface area contributed by atoms with E-state index in [2.05, 4.69) is 31.3 Å². The molecule has 9 heteroatoms. The summed E-state index contributed by atoms with van der Waals surface area (Å²) in [6, 6.07) is -0.759. The summed E-state index contributed by atoms with van der Waals surface area (Å²) in [6.07, 6.45) is 35.1. The van der Waals surface area contributed by atoms with Gasteiger partial charge in [-0.2, -0.15) is 0 Å². The van der Waals surface area contributed by atoms with Crippen LogP contribution in [0, 0.1) is 0 Å². The molecule has 1 amide bonds. The van der Waals surface area contributed by atoms with E-state index < -0.39 is 20.0 Å². The molecule has 292 valence electrons. The number of phosphoric ester groups is 1. The van der Waals surface area contributed by atoms with Crippen molar-refractivity contribution in [3.63, 3.8) is 0 Å². The number of hydrogen-bond donors (Lipinski definition) is 3. The van der Waals surface area contributed by atoms with Gasteiger partial charge in [0.15, 0.2) is 0 Å². The minimum atomic E-state index is -4.30. The lowest BCUT2D eigenvalue weighted by atomic mass is 10.0. The SMILES string of the molecule is CCCCCCCC/C=C\CCCCCCCC(=O)NC(COP(=O)(O)OCC[N+](C)(C)C)C(O)CCCCCCCCCCCCCC. The Kier molecular flexibility index (Phi) is 32.6. The lowest BCUT2D eigenvalue weighted by Crippen LogP contribution is -2.46. The molecular formula is C40H82N2O6P+. The third-order valence-electron chi connectivity index (χ3n) is 9.26. The second-order valence-corrected chi connectivity index (χ2v) is 16.8. The molecule has 0 aromatic heterocycles. The highest BCUT2D eigenvalue weighted by Gasteiger charge is 2.28. The maximum Gasteiger partial charge on any atom is 0.472 e. The number of rotatable bonds is 37. The highest BCUT2D eigenvalue weighted by molar-refractivity contribution is 7.47. The topological polar surface area (TPSA) is 105 Å². The van der Waals surface area contributed by atoms with Crippen LogP contribution < -0.4 is 5.32 Å². The van der Waals surface area contributed by atoms with Crippen molar-refractivity contribution in [3.05, 3.63) is 12.2 Å². The minimum Gasteiger partial charge on any atom is -0.391 e. The number of nitrogens with one attached hydrogen (secondary N) is 1. The Balaban J connectivity index is 4.42. The van der Waals surface area contributed by atoms with Gasteiger partial charge in [-0.15, -0.1) is 0 Å². The van der Waals surface area contributed by atoms with E-state index in [0.29, 0.717) is 23.9 Å². The van der Waals surface area contributed by atoms with Crippen LogP contribution in [-0.2, 0) is 18.4 Å². The molecule has 0 bridgehead atoms. The number of quaternary nitrogens is 1. The Morgan fingerprint density at radius 2 is 1.10 bits per heavy atom. The van der Waals surface area contributed by atoms with Crippen LogP contribution in [0.5, 0.6) is 0 Å². The van der Waals surface area contributed by atoms with Crippen molar-refractivity contribution in [2.24, 2.45) is 0 Å². The van der Waals surface area contributed by atoms with Gasteiger partial charge in [-0.1, -0.05) is 154 Å². The smallest absolute Gasteiger partial charge is 0.391 e. The summed E-state index contributed by atoms with van der Waals surface area (Å²) in [5, 5.41) is 13.9. The Bertz CT molecular complexity index is 819. The molecule has 0 aromatic rings. The normalized spacial score (nSPS) is 14.7. The first-order valence-corrected chi connectivity index (χ1v) is 22.0. The fourth-order valence-electron chi connectivity index (χ4n) is 5.92. The molecule has 0 aromatic carbocycles. The summed E-state index contributed by atoms with van der Waals surface area (Å²) in [5.74, 6) is -0.154. The fourth-order valence-corrected chi connectivity index (χ4v) is 6.66. The van der Waals surface area contributed by atoms with Crippen LogP contribution in [0.3, 0.4) is 0 Å². The summed E-state index contributed by atoms with van der Waals surface area (Å²) in [6.45, 7) is 4.86. The van der Waals surface area contributed by atoms with Gasteiger partial charge < -0.3 is 19.8 Å². The van der Waals surface area contributed by atoms with Gasteiger partial charge in [0.25, 0.3) is 0 Å². The predicted molar refractivity (Wildman–Crippen MR) is 208 cm³/mol.